The van der Waals surface area contributed by atoms with Gasteiger partial charge < -0.3 is 10.2 Å². The van der Waals surface area contributed by atoms with Crippen LogP contribution in [0.1, 0.15) is 21.7 Å². The molecule has 1 aliphatic rings. The van der Waals surface area contributed by atoms with Crippen LogP contribution in [0, 0.1) is 0 Å². The first-order chi connectivity index (χ1) is 12.7. The minimum Gasteiger partial charge on any atom is -0.337 e. The van der Waals surface area contributed by atoms with Crippen molar-refractivity contribution < 1.29 is 9.59 Å². The summed E-state index contributed by atoms with van der Waals surface area (Å²) >= 11 is 0. The molecule has 130 valence electrons. The second-order valence-electron chi connectivity index (χ2n) is 6.06. The number of pyridine rings is 1. The first-order valence-electron chi connectivity index (χ1n) is 8.30. The molecule has 1 saturated heterocycles. The lowest BCUT2D eigenvalue weighted by molar-refractivity contribution is -0.118. The van der Waals surface area contributed by atoms with E-state index >= 15 is 0 Å². The van der Waals surface area contributed by atoms with Gasteiger partial charge in [-0.15, -0.1) is 0 Å². The Morgan fingerprint density at radius 3 is 2.58 bits per heavy atom. The lowest BCUT2D eigenvalue weighted by Crippen LogP contribution is -2.30. The fourth-order valence-corrected chi connectivity index (χ4v) is 2.94. The summed E-state index contributed by atoms with van der Waals surface area (Å²) < 4.78 is 1.76. The summed E-state index contributed by atoms with van der Waals surface area (Å²) in [5.74, 6) is -0.415. The second kappa shape index (κ2) is 6.79. The molecule has 2 aromatic heterocycles. The number of carbonyl (C=O) groups is 2. The lowest BCUT2D eigenvalue weighted by atomic mass is 10.1. The van der Waals surface area contributed by atoms with Gasteiger partial charge in [-0.2, -0.15) is 5.10 Å². The van der Waals surface area contributed by atoms with Gasteiger partial charge in [-0.3, -0.25) is 14.6 Å². The second-order valence-corrected chi connectivity index (χ2v) is 6.06. The van der Waals surface area contributed by atoms with Crippen LogP contribution >= 0.6 is 0 Å². The van der Waals surface area contributed by atoms with Gasteiger partial charge >= 0.3 is 0 Å². The number of carbonyl (C=O) groups excluding carboxylic acids is 2. The van der Waals surface area contributed by atoms with Crippen molar-refractivity contribution in [1.82, 2.24) is 25.0 Å². The summed E-state index contributed by atoms with van der Waals surface area (Å²) in [5.41, 5.74) is 3.17. The van der Waals surface area contributed by atoms with E-state index in [0.29, 0.717) is 12.1 Å². The normalized spacial score (nSPS) is 13.7. The van der Waals surface area contributed by atoms with Crippen molar-refractivity contribution in [1.29, 1.82) is 0 Å². The van der Waals surface area contributed by atoms with Gasteiger partial charge in [-0.05, 0) is 23.8 Å². The smallest absolute Gasteiger partial charge is 0.276 e. The topological polar surface area (TPSA) is 80.1 Å². The summed E-state index contributed by atoms with van der Waals surface area (Å²) in [7, 11) is 0. The molecule has 4 rings (SSSR count). The number of hydrogen-bond acceptors (Lipinski definition) is 4. The quantitative estimate of drug-likeness (QED) is 0.773. The molecule has 0 aliphatic carbocycles. The highest BCUT2D eigenvalue weighted by Crippen LogP contribution is 2.17. The van der Waals surface area contributed by atoms with Gasteiger partial charge in [-0.1, -0.05) is 30.3 Å². The summed E-state index contributed by atoms with van der Waals surface area (Å²) in [6, 6.07) is 15.5. The van der Waals surface area contributed by atoms with Crippen LogP contribution in [0.4, 0.5) is 0 Å². The third-order valence-corrected chi connectivity index (χ3v) is 4.23. The number of hydrogen-bond donors (Lipinski definition) is 1. The minimum absolute atomic E-state index is 0.0645. The first-order valence-corrected chi connectivity index (χ1v) is 8.30. The Hall–Kier alpha value is -3.48. The average molecular weight is 347 g/mol. The Morgan fingerprint density at radius 1 is 1.12 bits per heavy atom. The maximum atomic E-state index is 12.7. The summed E-state index contributed by atoms with van der Waals surface area (Å²) in [5, 5.41) is 7.14. The molecule has 2 amide bonds. The van der Waals surface area contributed by atoms with Crippen molar-refractivity contribution in [3.8, 4) is 5.69 Å². The number of nitrogens with zero attached hydrogens (tertiary/aromatic N) is 4. The van der Waals surface area contributed by atoms with Crippen LogP contribution in [0.2, 0.25) is 0 Å². The van der Waals surface area contributed by atoms with E-state index in [1.54, 1.807) is 23.1 Å². The van der Waals surface area contributed by atoms with Crippen molar-refractivity contribution in [3.63, 3.8) is 0 Å². The van der Waals surface area contributed by atoms with Crippen molar-refractivity contribution >= 4 is 11.8 Å². The number of rotatable bonds is 4. The van der Waals surface area contributed by atoms with Crippen LogP contribution in [0.5, 0.6) is 0 Å². The predicted octanol–water partition coefficient (Wildman–Crippen LogP) is 1.39. The van der Waals surface area contributed by atoms with E-state index in [0.717, 1.165) is 16.9 Å². The molecule has 3 aromatic rings. The number of amides is 2. The molecule has 7 nitrogen and oxygen atoms in total. The number of aromatic nitrogens is 3. The highest BCUT2D eigenvalue weighted by molar-refractivity contribution is 5.96. The van der Waals surface area contributed by atoms with Gasteiger partial charge in [0.15, 0.2) is 5.69 Å². The molecule has 1 N–H and O–H groups in total. The molecule has 0 atom stereocenters. The van der Waals surface area contributed by atoms with Crippen LogP contribution < -0.4 is 5.32 Å². The van der Waals surface area contributed by atoms with Crippen molar-refractivity contribution in [2.24, 2.45) is 0 Å². The van der Waals surface area contributed by atoms with Gasteiger partial charge in [0.05, 0.1) is 12.4 Å². The highest BCUT2D eigenvalue weighted by atomic mass is 16.2. The van der Waals surface area contributed by atoms with Crippen LogP contribution in [0.3, 0.4) is 0 Å². The number of nitrogens with one attached hydrogen (secondary N) is 1. The zero-order valence-corrected chi connectivity index (χ0v) is 14.0. The molecular formula is C19H17N5O2. The molecule has 3 heterocycles. The van der Waals surface area contributed by atoms with E-state index in [1.165, 1.54) is 4.90 Å². The zero-order chi connectivity index (χ0) is 17.9. The Labute approximate surface area is 150 Å². The van der Waals surface area contributed by atoms with Gasteiger partial charge in [-0.25, -0.2) is 4.68 Å². The third kappa shape index (κ3) is 3.19. The van der Waals surface area contributed by atoms with E-state index < -0.39 is 0 Å². The fraction of sp³-hybridized carbons (Fsp3) is 0.158. The third-order valence-electron chi connectivity index (χ3n) is 4.23. The van der Waals surface area contributed by atoms with Crippen LogP contribution in [0.15, 0.2) is 60.9 Å². The molecule has 0 spiro atoms. The maximum Gasteiger partial charge on any atom is 0.276 e. The number of benzene rings is 1. The molecule has 7 heteroatoms. The standard InChI is InChI=1S/C19H17N5O2/c25-18-12-23(13-21-18)19(26)17-11-16(10-14-4-2-1-3-5-14)24(22-17)15-6-8-20-9-7-15/h1-9,11H,10,12-13H2,(H,21,25). The highest BCUT2D eigenvalue weighted by Gasteiger charge is 2.27. The monoisotopic (exact) mass is 347 g/mol. The van der Waals surface area contributed by atoms with Gasteiger partial charge in [0.25, 0.3) is 5.91 Å². The van der Waals surface area contributed by atoms with E-state index in [4.69, 9.17) is 0 Å². The molecule has 0 bridgehead atoms. The predicted molar refractivity (Wildman–Crippen MR) is 94.7 cm³/mol. The molecule has 1 aliphatic heterocycles. The van der Waals surface area contributed by atoms with Crippen molar-refractivity contribution in [2.75, 3.05) is 13.2 Å². The van der Waals surface area contributed by atoms with E-state index in [1.807, 2.05) is 42.5 Å². The van der Waals surface area contributed by atoms with Crippen LogP contribution in [-0.4, -0.2) is 44.7 Å². The largest absolute Gasteiger partial charge is 0.337 e. The molecule has 26 heavy (non-hydrogen) atoms. The fourth-order valence-electron chi connectivity index (χ4n) is 2.94. The maximum absolute atomic E-state index is 12.7. The minimum atomic E-state index is -0.259. The summed E-state index contributed by atoms with van der Waals surface area (Å²) in [4.78, 5) is 29.6. The summed E-state index contributed by atoms with van der Waals surface area (Å²) in [6.07, 6.45) is 4.02. The molecular weight excluding hydrogens is 330 g/mol. The van der Waals surface area contributed by atoms with Crippen molar-refractivity contribution in [3.05, 3.63) is 77.9 Å². The van der Waals surface area contributed by atoms with E-state index in [9.17, 15) is 9.59 Å². The van der Waals surface area contributed by atoms with Crippen LogP contribution in [-0.2, 0) is 11.2 Å². The lowest BCUT2D eigenvalue weighted by Gasteiger charge is -2.10. The SMILES string of the molecule is O=C1CN(C(=O)c2cc(Cc3ccccc3)n(-c3ccncc3)n2)CN1. The molecule has 1 aromatic carbocycles. The Balaban J connectivity index is 1.70. The van der Waals surface area contributed by atoms with E-state index in [-0.39, 0.29) is 25.0 Å². The molecule has 0 radical (unpaired) electrons. The van der Waals surface area contributed by atoms with Gasteiger partial charge in [0.1, 0.15) is 6.54 Å². The van der Waals surface area contributed by atoms with Gasteiger partial charge in [0, 0.05) is 24.5 Å². The first kappa shape index (κ1) is 16.0. The molecule has 0 unspecified atom stereocenters. The Kier molecular flexibility index (Phi) is 4.18. The zero-order valence-electron chi connectivity index (χ0n) is 14.0. The van der Waals surface area contributed by atoms with Gasteiger partial charge in [0.2, 0.25) is 5.91 Å². The Bertz CT molecular complexity index is 937. The Morgan fingerprint density at radius 2 is 1.88 bits per heavy atom. The van der Waals surface area contributed by atoms with Crippen LogP contribution in [0.25, 0.3) is 5.69 Å². The summed E-state index contributed by atoms with van der Waals surface area (Å²) in [6.45, 7) is 0.281. The molecule has 1 fully saturated rings. The van der Waals surface area contributed by atoms with E-state index in [2.05, 4.69) is 15.4 Å². The van der Waals surface area contributed by atoms with Crippen molar-refractivity contribution in [2.45, 2.75) is 6.42 Å². The average Bonchev–Trinajstić information content (AvgIpc) is 3.29. The molecule has 0 saturated carbocycles.